The third-order valence-electron chi connectivity index (χ3n) is 1.57. The number of aryl methyl sites for hydroxylation is 1. The van der Waals surface area contributed by atoms with E-state index in [9.17, 15) is 13.2 Å². The summed E-state index contributed by atoms with van der Waals surface area (Å²) in [5.74, 6) is 0.0181. The van der Waals surface area contributed by atoms with Gasteiger partial charge in [-0.05, 0) is 0 Å². The molecule has 0 aliphatic rings. The Balaban J connectivity index is 2.70. The second-order valence-electron chi connectivity index (χ2n) is 2.76. The fourth-order valence-corrected chi connectivity index (χ4v) is 1.41. The molecule has 1 aromatic heterocycles. The summed E-state index contributed by atoms with van der Waals surface area (Å²) in [5, 5.41) is 0. The average Bonchev–Trinajstić information content (AvgIpc) is 2.46. The summed E-state index contributed by atoms with van der Waals surface area (Å²) in [6.45, 7) is 0.271. The topological polar surface area (TPSA) is 69.0 Å². The predicted molar refractivity (Wildman–Crippen MR) is 47.3 cm³/mol. The number of carbonyl (C=O) groups excluding carboxylic acids is 1. The molecule has 1 rings (SSSR count). The van der Waals surface area contributed by atoms with Crippen LogP contribution in [0.15, 0.2) is 12.5 Å². The van der Waals surface area contributed by atoms with Crippen LogP contribution < -0.4 is 0 Å². The Labute approximate surface area is 76.3 Å². The van der Waals surface area contributed by atoms with Crippen LogP contribution in [0.25, 0.3) is 0 Å². The third-order valence-corrected chi connectivity index (χ3v) is 2.49. The fourth-order valence-electron chi connectivity index (χ4n) is 0.880. The number of carbonyl (C=O) groups is 1. The van der Waals surface area contributed by atoms with Crippen LogP contribution in [0, 0.1) is 0 Å². The van der Waals surface area contributed by atoms with Crippen molar-refractivity contribution in [3.8, 4) is 0 Å². The van der Waals surface area contributed by atoms with E-state index in [0.29, 0.717) is 12.0 Å². The van der Waals surface area contributed by atoms with E-state index in [4.69, 9.17) is 0 Å². The highest BCUT2D eigenvalue weighted by Gasteiger charge is 2.05. The van der Waals surface area contributed by atoms with E-state index in [1.54, 1.807) is 0 Å². The molecular weight excluding hydrogens is 192 g/mol. The van der Waals surface area contributed by atoms with Crippen LogP contribution in [0.1, 0.15) is 10.5 Å². The third kappa shape index (κ3) is 2.98. The molecule has 5 nitrogen and oxygen atoms in total. The Kier molecular flexibility index (Phi) is 2.82. The lowest BCUT2D eigenvalue weighted by atomic mass is 10.5. The quantitative estimate of drug-likeness (QED) is 0.631. The van der Waals surface area contributed by atoms with E-state index >= 15 is 0 Å². The first-order valence-corrected chi connectivity index (χ1v) is 5.72. The lowest BCUT2D eigenvalue weighted by molar-refractivity contribution is 0.111. The molecule has 0 unspecified atom stereocenters. The van der Waals surface area contributed by atoms with Gasteiger partial charge in [0.15, 0.2) is 6.29 Å². The van der Waals surface area contributed by atoms with Crippen LogP contribution in [-0.4, -0.2) is 36.3 Å². The number of nitrogens with zero attached hydrogens (tertiary/aromatic N) is 2. The molecule has 0 fully saturated rings. The van der Waals surface area contributed by atoms with Crippen LogP contribution in [0.5, 0.6) is 0 Å². The van der Waals surface area contributed by atoms with Crippen molar-refractivity contribution in [1.29, 1.82) is 0 Å². The minimum Gasteiger partial charge on any atom is -0.327 e. The monoisotopic (exact) mass is 202 g/mol. The van der Waals surface area contributed by atoms with E-state index < -0.39 is 9.84 Å². The summed E-state index contributed by atoms with van der Waals surface area (Å²) in [4.78, 5) is 14.1. The Hall–Kier alpha value is -1.17. The van der Waals surface area contributed by atoms with Gasteiger partial charge in [-0.1, -0.05) is 0 Å². The van der Waals surface area contributed by atoms with E-state index in [1.165, 1.54) is 17.1 Å². The maximum absolute atomic E-state index is 10.8. The lowest BCUT2D eigenvalue weighted by Gasteiger charge is -2.01. The zero-order chi connectivity index (χ0) is 9.90. The molecule has 0 saturated heterocycles. The maximum Gasteiger partial charge on any atom is 0.168 e. The number of aromatic nitrogens is 2. The highest BCUT2D eigenvalue weighted by molar-refractivity contribution is 7.90. The second kappa shape index (κ2) is 3.69. The predicted octanol–water partition coefficient (Wildman–Crippen LogP) is -0.260. The van der Waals surface area contributed by atoms with Crippen LogP contribution in [-0.2, 0) is 16.4 Å². The number of rotatable bonds is 4. The Morgan fingerprint density at radius 2 is 2.31 bits per heavy atom. The van der Waals surface area contributed by atoms with Crippen molar-refractivity contribution in [2.45, 2.75) is 6.54 Å². The number of aldehydes is 1. The molecule has 0 aliphatic heterocycles. The molecule has 1 aromatic rings. The minimum absolute atomic E-state index is 0.0181. The summed E-state index contributed by atoms with van der Waals surface area (Å²) in [7, 11) is -2.99. The molecule has 0 spiro atoms. The van der Waals surface area contributed by atoms with Crippen molar-refractivity contribution < 1.29 is 13.2 Å². The summed E-state index contributed by atoms with van der Waals surface area (Å²) in [5.41, 5.74) is 0.392. The van der Waals surface area contributed by atoms with Gasteiger partial charge in [0, 0.05) is 12.8 Å². The molecule has 72 valence electrons. The second-order valence-corrected chi connectivity index (χ2v) is 5.02. The lowest BCUT2D eigenvalue weighted by Crippen LogP contribution is -2.12. The van der Waals surface area contributed by atoms with Gasteiger partial charge < -0.3 is 4.57 Å². The van der Waals surface area contributed by atoms with Gasteiger partial charge in [-0.15, -0.1) is 0 Å². The standard InChI is InChI=1S/C7H10N2O3S/c1-13(11,12)3-2-9-6-8-4-7(9)5-10/h4-6H,2-3H2,1H3. The maximum atomic E-state index is 10.8. The Morgan fingerprint density at radius 3 is 2.85 bits per heavy atom. The molecule has 0 radical (unpaired) electrons. The van der Waals surface area contributed by atoms with Crippen molar-refractivity contribution in [3.05, 3.63) is 18.2 Å². The smallest absolute Gasteiger partial charge is 0.168 e. The van der Waals surface area contributed by atoms with Gasteiger partial charge in [-0.25, -0.2) is 13.4 Å². The normalized spacial score (nSPS) is 11.5. The minimum atomic E-state index is -2.99. The van der Waals surface area contributed by atoms with E-state index in [-0.39, 0.29) is 12.3 Å². The highest BCUT2D eigenvalue weighted by Crippen LogP contribution is 1.96. The molecule has 13 heavy (non-hydrogen) atoms. The van der Waals surface area contributed by atoms with Gasteiger partial charge in [0.1, 0.15) is 15.5 Å². The summed E-state index contributed by atoms with van der Waals surface area (Å²) in [6.07, 6.45) is 4.64. The zero-order valence-electron chi connectivity index (χ0n) is 7.17. The first kappa shape index (κ1) is 9.91. The molecule has 0 N–H and O–H groups in total. The molecule has 0 aromatic carbocycles. The van der Waals surface area contributed by atoms with Crippen molar-refractivity contribution in [2.24, 2.45) is 0 Å². The number of sulfone groups is 1. The first-order chi connectivity index (χ1) is 6.03. The van der Waals surface area contributed by atoms with Crippen molar-refractivity contribution in [1.82, 2.24) is 9.55 Å². The summed E-state index contributed by atoms with van der Waals surface area (Å²) in [6, 6.07) is 0. The van der Waals surface area contributed by atoms with Crippen molar-refractivity contribution >= 4 is 16.1 Å². The van der Waals surface area contributed by atoms with Gasteiger partial charge >= 0.3 is 0 Å². The molecule has 6 heteroatoms. The largest absolute Gasteiger partial charge is 0.327 e. The summed E-state index contributed by atoms with van der Waals surface area (Å²) >= 11 is 0. The molecule has 0 saturated carbocycles. The van der Waals surface area contributed by atoms with Crippen LogP contribution >= 0.6 is 0 Å². The molecule has 0 aliphatic carbocycles. The molecule has 0 atom stereocenters. The fraction of sp³-hybridized carbons (Fsp3) is 0.429. The van der Waals surface area contributed by atoms with Gasteiger partial charge in [-0.2, -0.15) is 0 Å². The van der Waals surface area contributed by atoms with Crippen LogP contribution in [0.2, 0.25) is 0 Å². The molecular formula is C7H10N2O3S. The molecule has 0 bridgehead atoms. The van der Waals surface area contributed by atoms with Gasteiger partial charge in [-0.3, -0.25) is 4.79 Å². The van der Waals surface area contributed by atoms with Crippen LogP contribution in [0.4, 0.5) is 0 Å². The molecule has 1 heterocycles. The molecule has 0 amide bonds. The van der Waals surface area contributed by atoms with Gasteiger partial charge in [0.2, 0.25) is 0 Å². The Morgan fingerprint density at radius 1 is 1.62 bits per heavy atom. The van der Waals surface area contributed by atoms with Gasteiger partial charge in [0.05, 0.1) is 18.3 Å². The number of hydrogen-bond acceptors (Lipinski definition) is 4. The average molecular weight is 202 g/mol. The van der Waals surface area contributed by atoms with E-state index in [1.807, 2.05) is 0 Å². The zero-order valence-corrected chi connectivity index (χ0v) is 7.99. The van der Waals surface area contributed by atoms with Crippen molar-refractivity contribution in [3.63, 3.8) is 0 Å². The van der Waals surface area contributed by atoms with Crippen LogP contribution in [0.3, 0.4) is 0 Å². The van der Waals surface area contributed by atoms with E-state index in [0.717, 1.165) is 6.26 Å². The number of hydrogen-bond donors (Lipinski definition) is 0. The van der Waals surface area contributed by atoms with Crippen molar-refractivity contribution in [2.75, 3.05) is 12.0 Å². The highest BCUT2D eigenvalue weighted by atomic mass is 32.2. The van der Waals surface area contributed by atoms with Gasteiger partial charge in [0.25, 0.3) is 0 Å². The van der Waals surface area contributed by atoms with E-state index in [2.05, 4.69) is 4.98 Å². The SMILES string of the molecule is CS(=O)(=O)CCn1cncc1C=O. The Bertz CT molecular complexity index is 394. The first-order valence-electron chi connectivity index (χ1n) is 3.66. The summed E-state index contributed by atoms with van der Waals surface area (Å²) < 4.78 is 23.1. The number of imidazole rings is 1.